The van der Waals surface area contributed by atoms with Gasteiger partial charge in [-0.1, -0.05) is 6.07 Å². The van der Waals surface area contributed by atoms with Gasteiger partial charge in [-0.25, -0.2) is 9.78 Å². The van der Waals surface area contributed by atoms with E-state index in [0.29, 0.717) is 33.8 Å². The molecule has 0 spiro atoms. The molecule has 3 heterocycles. The molecule has 136 valence electrons. The molecule has 1 N–H and O–H groups in total. The van der Waals surface area contributed by atoms with E-state index < -0.39 is 0 Å². The van der Waals surface area contributed by atoms with Crippen molar-refractivity contribution in [2.75, 3.05) is 11.9 Å². The van der Waals surface area contributed by atoms with E-state index in [0.717, 1.165) is 10.4 Å². The molecular weight excluding hydrogens is 372 g/mol. The first-order chi connectivity index (χ1) is 12.5. The second kappa shape index (κ2) is 7.84. The van der Waals surface area contributed by atoms with Crippen molar-refractivity contribution in [3.8, 4) is 10.8 Å². The van der Waals surface area contributed by atoms with E-state index in [1.807, 2.05) is 24.4 Å². The molecule has 0 bridgehead atoms. The number of amides is 1. The molecule has 0 saturated carbocycles. The molecule has 0 atom stereocenters. The predicted molar refractivity (Wildman–Crippen MR) is 102 cm³/mol. The van der Waals surface area contributed by atoms with Crippen LogP contribution < -0.4 is 5.32 Å². The zero-order chi connectivity index (χ0) is 18.7. The van der Waals surface area contributed by atoms with Gasteiger partial charge in [-0.15, -0.1) is 22.7 Å². The van der Waals surface area contributed by atoms with Gasteiger partial charge in [-0.2, -0.15) is 0 Å². The number of oxazole rings is 1. The largest absolute Gasteiger partial charge is 0.462 e. The third-order valence-corrected chi connectivity index (χ3v) is 5.58. The van der Waals surface area contributed by atoms with Gasteiger partial charge in [0.1, 0.15) is 10.6 Å². The molecule has 0 radical (unpaired) electrons. The van der Waals surface area contributed by atoms with Gasteiger partial charge < -0.3 is 14.5 Å². The Bertz CT molecular complexity index is 925. The molecule has 0 saturated heterocycles. The number of aryl methyl sites for hydroxylation is 2. The van der Waals surface area contributed by atoms with Gasteiger partial charge in [0, 0.05) is 0 Å². The van der Waals surface area contributed by atoms with Crippen molar-refractivity contribution in [3.63, 3.8) is 0 Å². The standard InChI is InChI=1S/C18H18N2O4S2/c1-4-23-18(22)16-10(2)8-15(26-16)20-14(21)9-12-11(3)24-17(19-12)13-6-5-7-25-13/h5-8H,4,9H2,1-3H3,(H,20,21). The topological polar surface area (TPSA) is 81.4 Å². The maximum atomic E-state index is 12.3. The second-order valence-electron chi connectivity index (χ2n) is 5.57. The van der Waals surface area contributed by atoms with Crippen molar-refractivity contribution in [2.24, 2.45) is 0 Å². The van der Waals surface area contributed by atoms with Gasteiger partial charge in [0.15, 0.2) is 0 Å². The van der Waals surface area contributed by atoms with Gasteiger partial charge in [0.05, 0.1) is 28.6 Å². The van der Waals surface area contributed by atoms with E-state index in [-0.39, 0.29) is 18.3 Å². The number of hydrogen-bond acceptors (Lipinski definition) is 7. The summed E-state index contributed by atoms with van der Waals surface area (Å²) in [5, 5.41) is 5.37. The van der Waals surface area contributed by atoms with Crippen molar-refractivity contribution >= 4 is 39.6 Å². The first-order valence-corrected chi connectivity index (χ1v) is 9.75. The third-order valence-electron chi connectivity index (χ3n) is 3.59. The van der Waals surface area contributed by atoms with Crippen molar-refractivity contribution in [1.29, 1.82) is 0 Å². The predicted octanol–water partition coefficient (Wildman–Crippen LogP) is 4.44. The van der Waals surface area contributed by atoms with Gasteiger partial charge in [0.2, 0.25) is 11.8 Å². The van der Waals surface area contributed by atoms with Gasteiger partial charge in [-0.05, 0) is 43.8 Å². The molecule has 0 aliphatic rings. The fourth-order valence-corrected chi connectivity index (χ4v) is 4.01. The van der Waals surface area contributed by atoms with Gasteiger partial charge in [0.25, 0.3) is 0 Å². The van der Waals surface area contributed by atoms with E-state index in [9.17, 15) is 9.59 Å². The monoisotopic (exact) mass is 390 g/mol. The van der Waals surface area contributed by atoms with Crippen LogP contribution in [0, 0.1) is 13.8 Å². The van der Waals surface area contributed by atoms with E-state index in [1.165, 1.54) is 22.7 Å². The summed E-state index contributed by atoms with van der Waals surface area (Å²) in [5.41, 5.74) is 1.38. The first kappa shape index (κ1) is 18.3. The quantitative estimate of drug-likeness (QED) is 0.629. The molecule has 0 fully saturated rings. The lowest BCUT2D eigenvalue weighted by molar-refractivity contribution is -0.115. The van der Waals surface area contributed by atoms with Crippen LogP contribution in [0.5, 0.6) is 0 Å². The van der Waals surface area contributed by atoms with Crippen LogP contribution in [0.1, 0.15) is 33.6 Å². The number of carbonyl (C=O) groups excluding carboxylic acids is 2. The van der Waals surface area contributed by atoms with Crippen LogP contribution in [-0.4, -0.2) is 23.5 Å². The Kier molecular flexibility index (Phi) is 5.53. The summed E-state index contributed by atoms with van der Waals surface area (Å²) in [6.07, 6.45) is 0.104. The summed E-state index contributed by atoms with van der Waals surface area (Å²) >= 11 is 2.74. The van der Waals surface area contributed by atoms with E-state index in [4.69, 9.17) is 9.15 Å². The van der Waals surface area contributed by atoms with Crippen LogP contribution in [0.15, 0.2) is 28.0 Å². The van der Waals surface area contributed by atoms with Crippen molar-refractivity contribution < 1.29 is 18.7 Å². The van der Waals surface area contributed by atoms with E-state index in [2.05, 4.69) is 10.3 Å². The Morgan fingerprint density at radius 3 is 2.85 bits per heavy atom. The molecule has 3 rings (SSSR count). The molecule has 3 aromatic heterocycles. The first-order valence-electron chi connectivity index (χ1n) is 8.05. The highest BCUT2D eigenvalue weighted by Gasteiger charge is 2.18. The lowest BCUT2D eigenvalue weighted by Crippen LogP contribution is -2.14. The summed E-state index contributed by atoms with van der Waals surface area (Å²) in [6, 6.07) is 5.61. The summed E-state index contributed by atoms with van der Waals surface area (Å²) in [7, 11) is 0. The minimum atomic E-state index is -0.372. The average Bonchev–Trinajstić information content (AvgIpc) is 3.29. The Balaban J connectivity index is 1.68. The Hall–Kier alpha value is -2.45. The Morgan fingerprint density at radius 2 is 2.15 bits per heavy atom. The number of esters is 1. The number of anilines is 1. The highest BCUT2D eigenvalue weighted by molar-refractivity contribution is 7.18. The summed E-state index contributed by atoms with van der Waals surface area (Å²) in [6.45, 7) is 5.68. The van der Waals surface area contributed by atoms with Crippen LogP contribution in [0.2, 0.25) is 0 Å². The van der Waals surface area contributed by atoms with Crippen molar-refractivity contribution in [1.82, 2.24) is 4.98 Å². The van der Waals surface area contributed by atoms with Crippen LogP contribution in [0.4, 0.5) is 5.00 Å². The highest BCUT2D eigenvalue weighted by Crippen LogP contribution is 2.28. The summed E-state index contributed by atoms with van der Waals surface area (Å²) in [4.78, 5) is 30.1. The molecule has 0 aliphatic heterocycles. The molecule has 0 aromatic carbocycles. The van der Waals surface area contributed by atoms with Gasteiger partial charge >= 0.3 is 5.97 Å². The molecule has 3 aromatic rings. The normalized spacial score (nSPS) is 10.7. The van der Waals surface area contributed by atoms with E-state index in [1.54, 1.807) is 19.9 Å². The van der Waals surface area contributed by atoms with Crippen LogP contribution >= 0.6 is 22.7 Å². The fraction of sp³-hybridized carbons (Fsp3) is 0.278. The lowest BCUT2D eigenvalue weighted by Gasteiger charge is -2.01. The van der Waals surface area contributed by atoms with Crippen LogP contribution in [0.3, 0.4) is 0 Å². The number of aromatic nitrogens is 1. The smallest absolute Gasteiger partial charge is 0.348 e. The third kappa shape index (κ3) is 4.03. The molecule has 0 aliphatic carbocycles. The minimum Gasteiger partial charge on any atom is -0.462 e. The van der Waals surface area contributed by atoms with Gasteiger partial charge in [-0.3, -0.25) is 4.79 Å². The molecule has 6 nitrogen and oxygen atoms in total. The Labute approximate surface area is 158 Å². The zero-order valence-electron chi connectivity index (χ0n) is 14.6. The van der Waals surface area contributed by atoms with E-state index >= 15 is 0 Å². The summed E-state index contributed by atoms with van der Waals surface area (Å²) < 4.78 is 10.7. The molecule has 0 unspecified atom stereocenters. The second-order valence-corrected chi connectivity index (χ2v) is 7.57. The highest BCUT2D eigenvalue weighted by atomic mass is 32.1. The van der Waals surface area contributed by atoms with Crippen LogP contribution in [0.25, 0.3) is 10.8 Å². The molecular formula is C18H18N2O4S2. The molecule has 26 heavy (non-hydrogen) atoms. The number of carbonyl (C=O) groups is 2. The number of hydrogen-bond donors (Lipinski definition) is 1. The average molecular weight is 390 g/mol. The molecule has 8 heteroatoms. The van der Waals surface area contributed by atoms with Crippen molar-refractivity contribution in [3.05, 3.63) is 45.5 Å². The Morgan fingerprint density at radius 1 is 1.35 bits per heavy atom. The number of nitrogens with zero attached hydrogens (tertiary/aromatic N) is 1. The number of thiophene rings is 2. The van der Waals surface area contributed by atoms with Crippen molar-refractivity contribution in [2.45, 2.75) is 27.2 Å². The SMILES string of the molecule is CCOC(=O)c1sc(NC(=O)Cc2nc(-c3cccs3)oc2C)cc1C. The van der Waals surface area contributed by atoms with Crippen LogP contribution in [-0.2, 0) is 16.0 Å². The lowest BCUT2D eigenvalue weighted by atomic mass is 10.2. The maximum Gasteiger partial charge on any atom is 0.348 e. The minimum absolute atomic E-state index is 0.104. The summed E-state index contributed by atoms with van der Waals surface area (Å²) in [5.74, 6) is 0.564. The number of nitrogens with one attached hydrogen (secondary N) is 1. The number of rotatable bonds is 6. The maximum absolute atomic E-state index is 12.3. The molecule has 1 amide bonds. The number of ether oxygens (including phenoxy) is 1. The zero-order valence-corrected chi connectivity index (χ0v) is 16.3. The fourth-order valence-electron chi connectivity index (χ4n) is 2.37.